The molecule has 0 aromatic heterocycles. The number of nitrogens with one attached hydrogen (secondary N) is 1. The summed E-state index contributed by atoms with van der Waals surface area (Å²) in [6, 6.07) is 6.34. The lowest BCUT2D eigenvalue weighted by molar-refractivity contribution is -0.131. The molecule has 1 amide bonds. The van der Waals surface area contributed by atoms with Crippen LogP contribution in [-0.4, -0.2) is 37.0 Å². The minimum Gasteiger partial charge on any atom is -0.342 e. The zero-order valence-electron chi connectivity index (χ0n) is 13.6. The molecule has 1 N–H and O–H groups in total. The summed E-state index contributed by atoms with van der Waals surface area (Å²) >= 11 is 0. The van der Waals surface area contributed by atoms with Gasteiger partial charge in [0.1, 0.15) is 0 Å². The second-order valence-corrected chi connectivity index (χ2v) is 6.23. The maximum absolute atomic E-state index is 12.4. The highest BCUT2D eigenvalue weighted by atomic mass is 16.2. The van der Waals surface area contributed by atoms with Gasteiger partial charge in [0.25, 0.3) is 0 Å². The van der Waals surface area contributed by atoms with Crippen LogP contribution in [-0.2, 0) is 11.2 Å². The highest BCUT2D eigenvalue weighted by Gasteiger charge is 2.22. The van der Waals surface area contributed by atoms with Crippen LogP contribution in [0.2, 0.25) is 0 Å². The number of likely N-dealkylation sites (tertiary alicyclic amines) is 1. The fourth-order valence-corrected chi connectivity index (χ4v) is 2.93. The van der Waals surface area contributed by atoms with Gasteiger partial charge in [-0.05, 0) is 62.4 Å². The number of piperidine rings is 1. The number of nitrogens with zero attached hydrogens (tertiary/aromatic N) is 1. The van der Waals surface area contributed by atoms with Crippen LogP contribution in [0.3, 0.4) is 0 Å². The Morgan fingerprint density at radius 1 is 1.24 bits per heavy atom. The first-order valence-electron chi connectivity index (χ1n) is 8.14. The van der Waals surface area contributed by atoms with E-state index in [-0.39, 0.29) is 5.91 Å². The van der Waals surface area contributed by atoms with Crippen molar-refractivity contribution < 1.29 is 4.79 Å². The van der Waals surface area contributed by atoms with E-state index in [1.54, 1.807) is 0 Å². The van der Waals surface area contributed by atoms with Gasteiger partial charge in [0.15, 0.2) is 0 Å². The summed E-state index contributed by atoms with van der Waals surface area (Å²) in [6.45, 7) is 10.3. The largest absolute Gasteiger partial charge is 0.342 e. The van der Waals surface area contributed by atoms with Gasteiger partial charge in [-0.2, -0.15) is 0 Å². The molecule has 3 nitrogen and oxygen atoms in total. The van der Waals surface area contributed by atoms with Gasteiger partial charge < -0.3 is 10.2 Å². The standard InChI is InChI=1S/C18H28N2O/c1-4-19-13-16-7-9-20(10-8-16)18(21)12-17-6-5-14(2)15(3)11-17/h5-6,11,16,19H,4,7-10,12-13H2,1-3H3. The first-order valence-corrected chi connectivity index (χ1v) is 8.14. The molecule has 0 spiro atoms. The zero-order valence-corrected chi connectivity index (χ0v) is 13.6. The number of rotatable bonds is 5. The van der Waals surface area contributed by atoms with Crippen LogP contribution in [0.1, 0.15) is 36.5 Å². The Bertz CT molecular complexity index is 476. The van der Waals surface area contributed by atoms with Crippen LogP contribution < -0.4 is 5.32 Å². The molecule has 1 heterocycles. The van der Waals surface area contributed by atoms with Crippen LogP contribution >= 0.6 is 0 Å². The third-order valence-corrected chi connectivity index (χ3v) is 4.58. The van der Waals surface area contributed by atoms with Crippen molar-refractivity contribution in [1.82, 2.24) is 10.2 Å². The predicted molar refractivity (Wildman–Crippen MR) is 87.5 cm³/mol. The average molecular weight is 288 g/mol. The minimum atomic E-state index is 0.278. The van der Waals surface area contributed by atoms with Crippen LogP contribution in [0, 0.1) is 19.8 Å². The lowest BCUT2D eigenvalue weighted by Gasteiger charge is -2.32. The third-order valence-electron chi connectivity index (χ3n) is 4.58. The van der Waals surface area contributed by atoms with Gasteiger partial charge in [-0.1, -0.05) is 25.1 Å². The monoisotopic (exact) mass is 288 g/mol. The van der Waals surface area contributed by atoms with E-state index in [9.17, 15) is 4.79 Å². The Balaban J connectivity index is 1.83. The Morgan fingerprint density at radius 2 is 1.95 bits per heavy atom. The smallest absolute Gasteiger partial charge is 0.226 e. The Hall–Kier alpha value is -1.35. The first kappa shape index (κ1) is 16.0. The van der Waals surface area contributed by atoms with E-state index in [0.29, 0.717) is 6.42 Å². The van der Waals surface area contributed by atoms with Gasteiger partial charge in [-0.3, -0.25) is 4.79 Å². The molecule has 0 bridgehead atoms. The maximum Gasteiger partial charge on any atom is 0.226 e. The lowest BCUT2D eigenvalue weighted by Crippen LogP contribution is -2.41. The van der Waals surface area contributed by atoms with Crippen LogP contribution in [0.4, 0.5) is 0 Å². The predicted octanol–water partition coefficient (Wildman–Crippen LogP) is 2.69. The molecule has 1 aliphatic rings. The number of carbonyl (C=O) groups is 1. The molecule has 1 aliphatic heterocycles. The molecule has 0 radical (unpaired) electrons. The third kappa shape index (κ3) is 4.57. The van der Waals surface area contributed by atoms with Crippen molar-refractivity contribution in [3.05, 3.63) is 34.9 Å². The Morgan fingerprint density at radius 3 is 2.57 bits per heavy atom. The van der Waals surface area contributed by atoms with Gasteiger partial charge in [-0.15, -0.1) is 0 Å². The van der Waals surface area contributed by atoms with E-state index in [2.05, 4.69) is 44.3 Å². The number of aryl methyl sites for hydroxylation is 2. The SMILES string of the molecule is CCNCC1CCN(C(=O)Cc2ccc(C)c(C)c2)CC1. The van der Waals surface area contributed by atoms with Crippen LogP contribution in [0.25, 0.3) is 0 Å². The van der Waals surface area contributed by atoms with E-state index in [1.807, 2.05) is 4.90 Å². The van der Waals surface area contributed by atoms with Crippen LogP contribution in [0.5, 0.6) is 0 Å². The molecular formula is C18H28N2O. The molecule has 1 aromatic rings. The Labute approximate surface area is 128 Å². The molecule has 21 heavy (non-hydrogen) atoms. The fraction of sp³-hybridized carbons (Fsp3) is 0.611. The van der Waals surface area contributed by atoms with Gasteiger partial charge in [-0.25, -0.2) is 0 Å². The molecule has 0 aliphatic carbocycles. The van der Waals surface area contributed by atoms with E-state index < -0.39 is 0 Å². The average Bonchev–Trinajstić information content (AvgIpc) is 2.49. The summed E-state index contributed by atoms with van der Waals surface area (Å²) in [4.78, 5) is 14.4. The number of amides is 1. The molecule has 0 unspecified atom stereocenters. The van der Waals surface area contributed by atoms with Crippen molar-refractivity contribution in [3.8, 4) is 0 Å². The molecule has 2 rings (SSSR count). The van der Waals surface area contributed by atoms with E-state index >= 15 is 0 Å². The molecule has 1 fully saturated rings. The number of hydrogen-bond donors (Lipinski definition) is 1. The first-order chi connectivity index (χ1) is 10.1. The second kappa shape index (κ2) is 7.60. The van der Waals surface area contributed by atoms with Crippen molar-refractivity contribution in [2.75, 3.05) is 26.2 Å². The van der Waals surface area contributed by atoms with E-state index in [4.69, 9.17) is 0 Å². The highest BCUT2D eigenvalue weighted by molar-refractivity contribution is 5.79. The van der Waals surface area contributed by atoms with Crippen LogP contribution in [0.15, 0.2) is 18.2 Å². The van der Waals surface area contributed by atoms with Gasteiger partial charge >= 0.3 is 0 Å². The molecule has 3 heteroatoms. The summed E-state index contributed by atoms with van der Waals surface area (Å²) in [5, 5.41) is 3.41. The fourth-order valence-electron chi connectivity index (χ4n) is 2.93. The lowest BCUT2D eigenvalue weighted by atomic mass is 9.96. The quantitative estimate of drug-likeness (QED) is 0.903. The molecule has 1 aromatic carbocycles. The summed E-state index contributed by atoms with van der Waals surface area (Å²) < 4.78 is 0. The molecule has 116 valence electrons. The summed E-state index contributed by atoms with van der Waals surface area (Å²) in [7, 11) is 0. The molecular weight excluding hydrogens is 260 g/mol. The van der Waals surface area contributed by atoms with Crippen molar-refractivity contribution in [3.63, 3.8) is 0 Å². The van der Waals surface area contributed by atoms with E-state index in [1.165, 1.54) is 11.1 Å². The molecule has 1 saturated heterocycles. The van der Waals surface area contributed by atoms with E-state index in [0.717, 1.165) is 50.5 Å². The normalized spacial score (nSPS) is 16.2. The van der Waals surface area contributed by atoms with Crippen molar-refractivity contribution in [1.29, 1.82) is 0 Å². The van der Waals surface area contributed by atoms with Crippen molar-refractivity contribution >= 4 is 5.91 Å². The van der Waals surface area contributed by atoms with Crippen molar-refractivity contribution in [2.24, 2.45) is 5.92 Å². The topological polar surface area (TPSA) is 32.3 Å². The summed E-state index contributed by atoms with van der Waals surface area (Å²) in [6.07, 6.45) is 2.80. The molecule has 0 saturated carbocycles. The number of benzene rings is 1. The zero-order chi connectivity index (χ0) is 15.2. The summed E-state index contributed by atoms with van der Waals surface area (Å²) in [5.74, 6) is 1.01. The van der Waals surface area contributed by atoms with Crippen molar-refractivity contribution in [2.45, 2.75) is 40.0 Å². The van der Waals surface area contributed by atoms with Gasteiger partial charge in [0.05, 0.1) is 6.42 Å². The van der Waals surface area contributed by atoms with Gasteiger partial charge in [0.2, 0.25) is 5.91 Å². The number of carbonyl (C=O) groups excluding carboxylic acids is 1. The second-order valence-electron chi connectivity index (χ2n) is 6.23. The maximum atomic E-state index is 12.4. The number of hydrogen-bond acceptors (Lipinski definition) is 2. The minimum absolute atomic E-state index is 0.278. The summed E-state index contributed by atoms with van der Waals surface area (Å²) in [5.41, 5.74) is 3.69. The van der Waals surface area contributed by atoms with Gasteiger partial charge in [0, 0.05) is 13.1 Å². The Kier molecular flexibility index (Phi) is 5.80. The highest BCUT2D eigenvalue weighted by Crippen LogP contribution is 2.18. The molecule has 0 atom stereocenters.